The zero-order valence-electron chi connectivity index (χ0n) is 29.3. The van der Waals surface area contributed by atoms with Crippen LogP contribution in [0.15, 0.2) is 81.7 Å². The molecule has 4 atom stereocenters. The number of carbonyl (C=O) groups excluding carboxylic acids is 4. The average molecular weight is 729 g/mol. The minimum Gasteiger partial charge on any atom is -0.508 e. The van der Waals surface area contributed by atoms with Gasteiger partial charge in [0.1, 0.15) is 29.7 Å². The maximum Gasteiger partial charge on any atom is 0.245 e. The maximum absolute atomic E-state index is 14.0. The predicted molar refractivity (Wildman–Crippen MR) is 203 cm³/mol. The van der Waals surface area contributed by atoms with Gasteiger partial charge < -0.3 is 55.0 Å². The van der Waals surface area contributed by atoms with Crippen molar-refractivity contribution >= 4 is 52.2 Å². The lowest BCUT2D eigenvalue weighted by atomic mass is 10.0. The lowest BCUT2D eigenvalue weighted by Crippen LogP contribution is -2.57. The summed E-state index contributed by atoms with van der Waals surface area (Å²) in [7, 11) is 0. The van der Waals surface area contributed by atoms with Gasteiger partial charge in [0.15, 0.2) is 11.9 Å². The molecule has 1 heterocycles. The number of aromatic hydroxyl groups is 1. The number of carbonyl (C=O) groups is 4. The topological polar surface area (TPSA) is 304 Å². The Morgan fingerprint density at radius 3 is 1.94 bits per heavy atom. The molecule has 0 spiro atoms. The fourth-order valence-electron chi connectivity index (χ4n) is 5.78. The minimum absolute atomic E-state index is 0.0161. The molecule has 0 saturated heterocycles. The molecular formula is C36H48N12O5. The van der Waals surface area contributed by atoms with Gasteiger partial charge in [-0.25, -0.2) is 0 Å². The van der Waals surface area contributed by atoms with Crippen molar-refractivity contribution < 1.29 is 24.3 Å². The number of rotatable bonds is 12. The first-order valence-corrected chi connectivity index (χ1v) is 17.2. The molecule has 0 saturated carbocycles. The van der Waals surface area contributed by atoms with E-state index in [1.807, 2.05) is 42.5 Å². The summed E-state index contributed by atoms with van der Waals surface area (Å²) in [5.41, 5.74) is 29.9. The standard InChI is InChI=1S/C36H48N12O5/c37-31-26(7-3-15-42-35(38)39)47-33(52)27(8-4-16-43-36(40)41)48-34(53)29(18-21-10-13-25(49)14-11-21)45-30(50)20-44-32(51)28(46-31)19-22-9-12-23-5-1-2-6-24(23)17-22/h1-2,5-6,9-14,17,26-29,49H,3-4,7-8,15-16,18-20H2,(H2,37,46)(H,44,51)(H,45,50)(H,47,52)(H,48,53)(H4,38,39,42)(H4,40,41,43)/t26-,27-,28-,29+/m0/s1. The van der Waals surface area contributed by atoms with Crippen LogP contribution in [0.1, 0.15) is 36.8 Å². The van der Waals surface area contributed by atoms with Crippen molar-refractivity contribution in [2.75, 3.05) is 19.6 Å². The van der Waals surface area contributed by atoms with Crippen LogP contribution in [0.5, 0.6) is 5.75 Å². The first kappa shape index (κ1) is 39.4. The fraction of sp³-hybridized carbons (Fsp3) is 0.361. The number of hydrogen-bond acceptors (Lipinski definition) is 9. The van der Waals surface area contributed by atoms with Crippen molar-refractivity contribution in [3.05, 3.63) is 77.9 Å². The summed E-state index contributed by atoms with van der Waals surface area (Å²) in [5, 5.41) is 22.7. The number of nitrogens with one attached hydrogen (secondary N) is 4. The van der Waals surface area contributed by atoms with Gasteiger partial charge in [0, 0.05) is 25.9 Å². The van der Waals surface area contributed by atoms with Gasteiger partial charge in [0.25, 0.3) is 0 Å². The number of hydrogen-bond donors (Lipinski definition) is 10. The molecule has 15 N–H and O–H groups in total. The van der Waals surface area contributed by atoms with Gasteiger partial charge in [-0.15, -0.1) is 0 Å². The highest BCUT2D eigenvalue weighted by Gasteiger charge is 2.30. The average Bonchev–Trinajstić information content (AvgIpc) is 3.12. The molecule has 17 heteroatoms. The van der Waals surface area contributed by atoms with Crippen molar-refractivity contribution in [1.82, 2.24) is 21.3 Å². The molecule has 1 aliphatic rings. The maximum atomic E-state index is 14.0. The summed E-state index contributed by atoms with van der Waals surface area (Å²) in [6.45, 7) is -0.0529. The molecule has 0 aromatic heterocycles. The molecule has 0 radical (unpaired) electrons. The van der Waals surface area contributed by atoms with E-state index in [2.05, 4.69) is 36.2 Å². The molecule has 0 unspecified atom stereocenters. The summed E-state index contributed by atoms with van der Waals surface area (Å²) >= 11 is 0. The van der Waals surface area contributed by atoms with Crippen molar-refractivity contribution in [2.24, 2.45) is 43.6 Å². The van der Waals surface area contributed by atoms with Crippen LogP contribution in [0.4, 0.5) is 0 Å². The summed E-state index contributed by atoms with van der Waals surface area (Å²) in [5.74, 6) is -2.73. The quantitative estimate of drug-likeness (QED) is 0.0600. The molecule has 3 aromatic carbocycles. The number of amidine groups is 1. The van der Waals surface area contributed by atoms with Crippen molar-refractivity contribution in [1.29, 1.82) is 0 Å². The zero-order chi connectivity index (χ0) is 38.3. The second-order valence-electron chi connectivity index (χ2n) is 12.7. The minimum atomic E-state index is -1.16. The van der Waals surface area contributed by atoms with E-state index in [4.69, 9.17) is 28.7 Å². The normalized spacial score (nSPS) is 20.0. The lowest BCUT2D eigenvalue weighted by molar-refractivity contribution is -0.132. The summed E-state index contributed by atoms with van der Waals surface area (Å²) in [4.78, 5) is 67.3. The fourth-order valence-corrected chi connectivity index (χ4v) is 5.78. The van der Waals surface area contributed by atoms with E-state index in [0.717, 1.165) is 16.3 Å². The Hall–Kier alpha value is -6.39. The Morgan fingerprint density at radius 1 is 0.698 bits per heavy atom. The molecular weight excluding hydrogens is 680 g/mol. The number of amides is 4. The van der Waals surface area contributed by atoms with Crippen LogP contribution in [-0.4, -0.2) is 90.3 Å². The third-order valence-electron chi connectivity index (χ3n) is 8.50. The summed E-state index contributed by atoms with van der Waals surface area (Å²) < 4.78 is 0. The van der Waals surface area contributed by atoms with Crippen LogP contribution in [0, 0.1) is 0 Å². The van der Waals surface area contributed by atoms with Gasteiger partial charge in [-0.05, 0) is 59.7 Å². The number of fused-ring (bicyclic) bond motifs is 1. The van der Waals surface area contributed by atoms with Crippen molar-refractivity contribution in [3.8, 4) is 5.75 Å². The van der Waals surface area contributed by atoms with Gasteiger partial charge in [0.2, 0.25) is 23.6 Å². The summed E-state index contributed by atoms with van der Waals surface area (Å²) in [6, 6.07) is 15.4. The molecule has 53 heavy (non-hydrogen) atoms. The molecule has 0 aliphatic carbocycles. The molecule has 4 rings (SSSR count). The summed E-state index contributed by atoms with van der Waals surface area (Å²) in [6.07, 6.45) is 1.20. The van der Waals surface area contributed by atoms with Crippen LogP contribution in [0.2, 0.25) is 0 Å². The van der Waals surface area contributed by atoms with E-state index in [-0.39, 0.29) is 62.3 Å². The second kappa shape index (κ2) is 19.3. The zero-order valence-corrected chi connectivity index (χ0v) is 29.3. The molecule has 282 valence electrons. The van der Waals surface area contributed by atoms with Gasteiger partial charge in [-0.3, -0.25) is 34.2 Å². The molecule has 0 bridgehead atoms. The highest BCUT2D eigenvalue weighted by atomic mass is 16.3. The first-order valence-electron chi connectivity index (χ1n) is 17.2. The Balaban J connectivity index is 1.71. The van der Waals surface area contributed by atoms with Crippen molar-refractivity contribution in [2.45, 2.75) is 62.7 Å². The van der Waals surface area contributed by atoms with Gasteiger partial charge >= 0.3 is 0 Å². The number of nitrogens with zero attached hydrogens (tertiary/aromatic N) is 3. The van der Waals surface area contributed by atoms with Crippen LogP contribution >= 0.6 is 0 Å². The number of benzene rings is 3. The monoisotopic (exact) mass is 728 g/mol. The Labute approximate surface area is 306 Å². The third kappa shape index (κ3) is 12.7. The largest absolute Gasteiger partial charge is 0.508 e. The van der Waals surface area contributed by atoms with Crippen LogP contribution in [-0.2, 0) is 32.0 Å². The number of phenolic OH excluding ortho intramolecular Hbond substituents is 1. The van der Waals surface area contributed by atoms with Crippen LogP contribution in [0.3, 0.4) is 0 Å². The Kier molecular flexibility index (Phi) is 14.3. The van der Waals surface area contributed by atoms with E-state index in [1.54, 1.807) is 12.1 Å². The Bertz CT molecular complexity index is 1840. The highest BCUT2D eigenvalue weighted by molar-refractivity contribution is 5.97. The van der Waals surface area contributed by atoms with Gasteiger partial charge in [-0.1, -0.05) is 54.6 Å². The van der Waals surface area contributed by atoms with Gasteiger partial charge in [-0.2, -0.15) is 0 Å². The van der Waals surface area contributed by atoms with Crippen LogP contribution in [0.25, 0.3) is 10.8 Å². The molecule has 3 aromatic rings. The molecule has 4 amide bonds. The third-order valence-corrected chi connectivity index (χ3v) is 8.50. The smallest absolute Gasteiger partial charge is 0.245 e. The second-order valence-corrected chi connectivity index (χ2v) is 12.7. The van der Waals surface area contributed by atoms with Crippen molar-refractivity contribution in [3.63, 3.8) is 0 Å². The van der Waals surface area contributed by atoms with E-state index in [1.165, 1.54) is 12.1 Å². The Morgan fingerprint density at radius 2 is 1.28 bits per heavy atom. The number of guanidine groups is 2. The number of nitrogens with two attached hydrogens (primary N) is 5. The molecule has 17 nitrogen and oxygen atoms in total. The van der Waals surface area contributed by atoms with Crippen LogP contribution < -0.4 is 49.9 Å². The SMILES string of the molecule is NC(N)=NCCC[C@@H]1NC(=O)[C@@H](Cc2ccc(O)cc2)NC(=O)CNC(=O)[C@H](Cc2ccc3ccccc3c2)N=C(N)[C@H](CCCN=C(N)N)NC1=O. The van der Waals surface area contributed by atoms with E-state index < -0.39 is 54.3 Å². The van der Waals surface area contributed by atoms with E-state index in [9.17, 15) is 24.3 Å². The lowest BCUT2D eigenvalue weighted by Gasteiger charge is -2.25. The molecule has 0 fully saturated rings. The number of aliphatic imine (C=N–C) groups is 3. The van der Waals surface area contributed by atoms with E-state index >= 15 is 0 Å². The highest BCUT2D eigenvalue weighted by Crippen LogP contribution is 2.18. The number of phenols is 1. The predicted octanol–water partition coefficient (Wildman–Crippen LogP) is -1.25. The van der Waals surface area contributed by atoms with Gasteiger partial charge in [0.05, 0.1) is 12.6 Å². The molecule has 1 aliphatic heterocycles. The first-order chi connectivity index (χ1) is 25.4. The van der Waals surface area contributed by atoms with E-state index in [0.29, 0.717) is 18.4 Å².